The Hall–Kier alpha value is -1.09. The zero-order valence-corrected chi connectivity index (χ0v) is 8.20. The maximum Gasteiger partial charge on any atom is 0.116 e. The fraction of sp³-hybridized carbons (Fsp3) is 0.500. The van der Waals surface area contributed by atoms with E-state index in [2.05, 4.69) is 18.5 Å². The molecule has 0 saturated carbocycles. The predicted molar refractivity (Wildman–Crippen MR) is 52.3 cm³/mol. The van der Waals surface area contributed by atoms with Crippen LogP contribution in [0, 0.1) is 0 Å². The van der Waals surface area contributed by atoms with Crippen LogP contribution in [-0.4, -0.2) is 14.7 Å². The molecule has 1 aromatic heterocycles. The molecule has 0 aliphatic carbocycles. The summed E-state index contributed by atoms with van der Waals surface area (Å²) in [7, 11) is 0. The molecule has 0 aliphatic heterocycles. The average Bonchev–Trinajstić information content (AvgIpc) is 2.52. The molecule has 1 rings (SSSR count). The monoisotopic (exact) mass is 180 g/mol. The molecule has 3 heteroatoms. The van der Waals surface area contributed by atoms with Crippen molar-refractivity contribution in [3.63, 3.8) is 0 Å². The first-order valence-electron chi connectivity index (χ1n) is 4.50. The molecule has 0 bridgehead atoms. The first-order valence-corrected chi connectivity index (χ1v) is 4.50. The smallest absolute Gasteiger partial charge is 0.116 e. The number of imidazole rings is 1. The molecule has 0 fully saturated rings. The Bertz CT molecular complexity index is 291. The summed E-state index contributed by atoms with van der Waals surface area (Å²) in [6.45, 7) is 8.52. The summed E-state index contributed by atoms with van der Waals surface area (Å²) in [6.07, 6.45) is 3.88. The molecule has 13 heavy (non-hydrogen) atoms. The lowest BCUT2D eigenvalue weighted by atomic mass is 10.1. The summed E-state index contributed by atoms with van der Waals surface area (Å²) in [5.74, 6) is 0. The summed E-state index contributed by atoms with van der Waals surface area (Å²) in [5.41, 5.74) is 1.58. The van der Waals surface area contributed by atoms with Crippen LogP contribution in [0.2, 0.25) is 0 Å². The number of hydrogen-bond donors (Lipinski definition) is 1. The van der Waals surface area contributed by atoms with E-state index < -0.39 is 6.10 Å². The van der Waals surface area contributed by atoms with Crippen LogP contribution in [0.5, 0.6) is 0 Å². The SMILES string of the molecule is C=C(C)C(O)c1cncn1CCC. The molecular formula is C10H16N2O. The number of nitrogens with zero attached hydrogens (tertiary/aromatic N) is 2. The van der Waals surface area contributed by atoms with Crippen molar-refractivity contribution in [1.82, 2.24) is 9.55 Å². The third-order valence-electron chi connectivity index (χ3n) is 1.96. The molecule has 0 aromatic carbocycles. The molecule has 0 saturated heterocycles. The van der Waals surface area contributed by atoms with Crippen molar-refractivity contribution in [2.24, 2.45) is 0 Å². The number of aryl methyl sites for hydroxylation is 1. The highest BCUT2D eigenvalue weighted by atomic mass is 16.3. The standard InChI is InChI=1S/C10H16N2O/c1-4-5-12-7-11-6-9(12)10(13)8(2)3/h6-7,10,13H,2,4-5H2,1,3H3. The molecule has 1 N–H and O–H groups in total. The first kappa shape index (κ1) is 9.99. The largest absolute Gasteiger partial charge is 0.382 e. The summed E-state index contributed by atoms with van der Waals surface area (Å²) < 4.78 is 1.96. The van der Waals surface area contributed by atoms with E-state index in [0.29, 0.717) is 0 Å². The Labute approximate surface area is 78.7 Å². The van der Waals surface area contributed by atoms with Gasteiger partial charge in [0.1, 0.15) is 6.10 Å². The van der Waals surface area contributed by atoms with Gasteiger partial charge in [-0.3, -0.25) is 0 Å². The van der Waals surface area contributed by atoms with Crippen molar-refractivity contribution in [3.05, 3.63) is 30.4 Å². The number of aliphatic hydroxyl groups is 1. The van der Waals surface area contributed by atoms with Gasteiger partial charge in [0.25, 0.3) is 0 Å². The van der Waals surface area contributed by atoms with Crippen LogP contribution in [0.25, 0.3) is 0 Å². The molecular weight excluding hydrogens is 164 g/mol. The molecule has 0 radical (unpaired) electrons. The lowest BCUT2D eigenvalue weighted by Crippen LogP contribution is -2.07. The van der Waals surface area contributed by atoms with Gasteiger partial charge in [-0.2, -0.15) is 0 Å². The summed E-state index contributed by atoms with van der Waals surface area (Å²) in [4.78, 5) is 4.01. The highest BCUT2D eigenvalue weighted by molar-refractivity contribution is 5.14. The second kappa shape index (κ2) is 4.23. The highest BCUT2D eigenvalue weighted by Gasteiger charge is 2.12. The van der Waals surface area contributed by atoms with E-state index in [1.165, 1.54) is 0 Å². The lowest BCUT2D eigenvalue weighted by molar-refractivity contribution is 0.205. The maximum absolute atomic E-state index is 9.73. The van der Waals surface area contributed by atoms with Crippen LogP contribution in [0.4, 0.5) is 0 Å². The average molecular weight is 180 g/mol. The Balaban J connectivity index is 2.86. The van der Waals surface area contributed by atoms with Crippen molar-refractivity contribution < 1.29 is 5.11 Å². The van der Waals surface area contributed by atoms with Gasteiger partial charge in [0, 0.05) is 6.54 Å². The molecule has 1 unspecified atom stereocenters. The van der Waals surface area contributed by atoms with E-state index in [0.717, 1.165) is 24.2 Å². The molecule has 72 valence electrons. The normalized spacial score (nSPS) is 12.8. The van der Waals surface area contributed by atoms with Gasteiger partial charge < -0.3 is 9.67 Å². The molecule has 1 aromatic rings. The highest BCUT2D eigenvalue weighted by Crippen LogP contribution is 2.19. The van der Waals surface area contributed by atoms with E-state index in [1.54, 1.807) is 12.5 Å². The number of rotatable bonds is 4. The Morgan fingerprint density at radius 1 is 1.77 bits per heavy atom. The van der Waals surface area contributed by atoms with Gasteiger partial charge in [0.2, 0.25) is 0 Å². The topological polar surface area (TPSA) is 38.1 Å². The Morgan fingerprint density at radius 2 is 2.46 bits per heavy atom. The summed E-state index contributed by atoms with van der Waals surface area (Å²) in [5, 5.41) is 9.73. The summed E-state index contributed by atoms with van der Waals surface area (Å²) >= 11 is 0. The van der Waals surface area contributed by atoms with Gasteiger partial charge in [-0.1, -0.05) is 13.5 Å². The van der Waals surface area contributed by atoms with Gasteiger partial charge in [0.15, 0.2) is 0 Å². The third-order valence-corrected chi connectivity index (χ3v) is 1.96. The fourth-order valence-electron chi connectivity index (χ4n) is 1.24. The number of aromatic nitrogens is 2. The third kappa shape index (κ3) is 2.18. The van der Waals surface area contributed by atoms with Crippen molar-refractivity contribution >= 4 is 0 Å². The van der Waals surface area contributed by atoms with Crippen molar-refractivity contribution in [3.8, 4) is 0 Å². The van der Waals surface area contributed by atoms with Crippen molar-refractivity contribution in [2.75, 3.05) is 0 Å². The Morgan fingerprint density at radius 3 is 3.00 bits per heavy atom. The minimum atomic E-state index is -0.589. The molecule has 3 nitrogen and oxygen atoms in total. The quantitative estimate of drug-likeness (QED) is 0.719. The predicted octanol–water partition coefficient (Wildman–Crippen LogP) is 1.90. The molecule has 0 amide bonds. The molecule has 1 heterocycles. The van der Waals surface area contributed by atoms with Crippen LogP contribution in [0.3, 0.4) is 0 Å². The maximum atomic E-state index is 9.73. The minimum Gasteiger partial charge on any atom is -0.382 e. The van der Waals surface area contributed by atoms with Gasteiger partial charge in [-0.15, -0.1) is 0 Å². The second-order valence-corrected chi connectivity index (χ2v) is 3.26. The Kier molecular flexibility index (Phi) is 3.25. The lowest BCUT2D eigenvalue weighted by Gasteiger charge is -2.12. The zero-order valence-electron chi connectivity index (χ0n) is 8.20. The fourth-order valence-corrected chi connectivity index (χ4v) is 1.24. The van der Waals surface area contributed by atoms with E-state index in [9.17, 15) is 5.11 Å². The molecule has 1 atom stereocenters. The first-order chi connectivity index (χ1) is 6.16. The van der Waals surface area contributed by atoms with E-state index in [-0.39, 0.29) is 0 Å². The van der Waals surface area contributed by atoms with Gasteiger partial charge in [-0.05, 0) is 18.9 Å². The van der Waals surface area contributed by atoms with Crippen LogP contribution in [-0.2, 0) is 6.54 Å². The van der Waals surface area contributed by atoms with Crippen molar-refractivity contribution in [1.29, 1.82) is 0 Å². The van der Waals surface area contributed by atoms with Gasteiger partial charge in [-0.25, -0.2) is 4.98 Å². The van der Waals surface area contributed by atoms with Gasteiger partial charge >= 0.3 is 0 Å². The molecule has 0 aliphatic rings. The number of aliphatic hydroxyl groups excluding tert-OH is 1. The van der Waals surface area contributed by atoms with Gasteiger partial charge in [0.05, 0.1) is 18.2 Å². The van der Waals surface area contributed by atoms with Crippen LogP contribution in [0.1, 0.15) is 32.1 Å². The molecule has 0 spiro atoms. The van der Waals surface area contributed by atoms with Crippen LogP contribution in [0.15, 0.2) is 24.7 Å². The zero-order chi connectivity index (χ0) is 9.84. The minimum absolute atomic E-state index is 0.589. The van der Waals surface area contributed by atoms with E-state index in [1.807, 2.05) is 11.5 Å². The van der Waals surface area contributed by atoms with Crippen molar-refractivity contribution in [2.45, 2.75) is 32.9 Å². The van der Waals surface area contributed by atoms with E-state index >= 15 is 0 Å². The second-order valence-electron chi connectivity index (χ2n) is 3.26. The van der Waals surface area contributed by atoms with Crippen LogP contribution < -0.4 is 0 Å². The number of hydrogen-bond acceptors (Lipinski definition) is 2. The van der Waals surface area contributed by atoms with Crippen LogP contribution >= 0.6 is 0 Å². The summed E-state index contributed by atoms with van der Waals surface area (Å²) in [6, 6.07) is 0. The van der Waals surface area contributed by atoms with E-state index in [4.69, 9.17) is 0 Å².